The molecule has 0 amide bonds. The van der Waals surface area contributed by atoms with Crippen LogP contribution in [-0.4, -0.2) is 25.8 Å². The van der Waals surface area contributed by atoms with E-state index in [0.29, 0.717) is 12.4 Å². The van der Waals surface area contributed by atoms with Gasteiger partial charge in [0.1, 0.15) is 0 Å². The largest absolute Gasteiger partial charge is 0.478 e. The predicted octanol–water partition coefficient (Wildman–Crippen LogP) is 1.98. The molecule has 2 rings (SSSR count). The van der Waals surface area contributed by atoms with Gasteiger partial charge >= 0.3 is 12.1 Å². The lowest BCUT2D eigenvalue weighted by Crippen LogP contribution is -2.07. The molecule has 2 aromatic rings. The van der Waals surface area contributed by atoms with Crippen molar-refractivity contribution in [1.29, 1.82) is 0 Å². The first-order valence-corrected chi connectivity index (χ1v) is 4.69. The molecule has 2 aromatic heterocycles. The number of hydrogen-bond donors (Lipinski definition) is 1. The van der Waals surface area contributed by atoms with Gasteiger partial charge in [0.2, 0.25) is 0 Å². The first-order valence-electron chi connectivity index (χ1n) is 4.69. The van der Waals surface area contributed by atoms with Crippen LogP contribution in [-0.2, 0) is 6.18 Å². The fourth-order valence-electron chi connectivity index (χ4n) is 1.35. The Morgan fingerprint density at radius 2 is 2.06 bits per heavy atom. The number of aromatic nitrogens is 3. The van der Waals surface area contributed by atoms with Gasteiger partial charge in [0.05, 0.1) is 29.2 Å². The summed E-state index contributed by atoms with van der Waals surface area (Å²) in [6.07, 6.45) is -0.816. The fraction of sp³-hybridized carbons (Fsp3) is 0.100. The average Bonchev–Trinajstić information content (AvgIpc) is 2.77. The lowest BCUT2D eigenvalue weighted by atomic mass is 10.2. The van der Waals surface area contributed by atoms with Gasteiger partial charge in [0.15, 0.2) is 0 Å². The normalized spacial score (nSPS) is 11.5. The zero-order valence-corrected chi connectivity index (χ0v) is 8.72. The van der Waals surface area contributed by atoms with Crippen molar-refractivity contribution in [3.63, 3.8) is 0 Å². The minimum absolute atomic E-state index is 0.0273. The number of rotatable bonds is 2. The van der Waals surface area contributed by atoms with Gasteiger partial charge in [-0.3, -0.25) is 4.98 Å². The molecule has 94 valence electrons. The lowest BCUT2D eigenvalue weighted by molar-refractivity contribution is -0.137. The van der Waals surface area contributed by atoms with Crippen molar-refractivity contribution in [3.8, 4) is 5.69 Å². The summed E-state index contributed by atoms with van der Waals surface area (Å²) in [5.41, 5.74) is -1.16. The highest BCUT2D eigenvalue weighted by Gasteiger charge is 2.32. The molecular weight excluding hydrogens is 251 g/mol. The molecule has 0 aliphatic rings. The van der Waals surface area contributed by atoms with Crippen LogP contribution in [0.5, 0.6) is 0 Å². The third-order valence-corrected chi connectivity index (χ3v) is 2.19. The molecule has 8 heteroatoms. The number of halogens is 3. The van der Waals surface area contributed by atoms with Crippen molar-refractivity contribution in [2.24, 2.45) is 0 Å². The van der Waals surface area contributed by atoms with Gasteiger partial charge < -0.3 is 5.11 Å². The Balaban J connectivity index is 2.50. The van der Waals surface area contributed by atoms with Crippen molar-refractivity contribution in [2.45, 2.75) is 6.18 Å². The number of carbonyl (C=O) groups is 1. The Kier molecular flexibility index (Phi) is 2.77. The molecule has 0 aromatic carbocycles. The topological polar surface area (TPSA) is 68.0 Å². The number of alkyl halides is 3. The van der Waals surface area contributed by atoms with E-state index in [-0.39, 0.29) is 11.3 Å². The highest BCUT2D eigenvalue weighted by molar-refractivity contribution is 5.91. The second-order valence-electron chi connectivity index (χ2n) is 3.37. The molecule has 0 fully saturated rings. The predicted molar refractivity (Wildman–Crippen MR) is 53.3 cm³/mol. The summed E-state index contributed by atoms with van der Waals surface area (Å²) < 4.78 is 38.0. The molecule has 0 aliphatic carbocycles. The van der Waals surface area contributed by atoms with Crippen LogP contribution in [0.2, 0.25) is 0 Å². The number of hydrogen-bond acceptors (Lipinski definition) is 3. The van der Waals surface area contributed by atoms with E-state index in [0.717, 1.165) is 10.9 Å². The van der Waals surface area contributed by atoms with Gasteiger partial charge in [-0.25, -0.2) is 9.48 Å². The molecule has 0 aliphatic heterocycles. The third-order valence-electron chi connectivity index (χ3n) is 2.19. The molecule has 0 bridgehead atoms. The van der Waals surface area contributed by atoms with E-state index in [4.69, 9.17) is 5.11 Å². The van der Waals surface area contributed by atoms with Crippen molar-refractivity contribution in [3.05, 3.63) is 42.0 Å². The molecule has 2 heterocycles. The van der Waals surface area contributed by atoms with Gasteiger partial charge in [-0.2, -0.15) is 18.3 Å². The lowest BCUT2D eigenvalue weighted by Gasteiger charge is -2.05. The van der Waals surface area contributed by atoms with Gasteiger partial charge in [-0.05, 0) is 6.07 Å². The van der Waals surface area contributed by atoms with Crippen molar-refractivity contribution < 1.29 is 23.1 Å². The quantitative estimate of drug-likeness (QED) is 0.893. The van der Waals surface area contributed by atoms with Crippen molar-refractivity contribution in [1.82, 2.24) is 14.8 Å². The van der Waals surface area contributed by atoms with Gasteiger partial charge in [-0.15, -0.1) is 0 Å². The molecule has 5 nitrogen and oxygen atoms in total. The van der Waals surface area contributed by atoms with Crippen molar-refractivity contribution >= 4 is 5.97 Å². The molecular formula is C10H6F3N3O2. The second-order valence-corrected chi connectivity index (χ2v) is 3.37. The zero-order chi connectivity index (χ0) is 13.3. The van der Waals surface area contributed by atoms with Crippen LogP contribution in [0.3, 0.4) is 0 Å². The first kappa shape index (κ1) is 12.1. The summed E-state index contributed by atoms with van der Waals surface area (Å²) in [6.45, 7) is 0. The van der Waals surface area contributed by atoms with E-state index in [1.54, 1.807) is 0 Å². The van der Waals surface area contributed by atoms with Crippen molar-refractivity contribution in [2.75, 3.05) is 0 Å². The fourth-order valence-corrected chi connectivity index (χ4v) is 1.35. The van der Waals surface area contributed by atoms with Crippen LogP contribution in [0.15, 0.2) is 30.9 Å². The number of carboxylic acids is 1. The molecule has 0 radical (unpaired) electrons. The van der Waals surface area contributed by atoms with Crippen LogP contribution >= 0.6 is 0 Å². The summed E-state index contributed by atoms with van der Waals surface area (Å²) in [6, 6.07) is 1.19. The van der Waals surface area contributed by atoms with Gasteiger partial charge in [0.25, 0.3) is 0 Å². The zero-order valence-electron chi connectivity index (χ0n) is 8.72. The molecule has 0 spiro atoms. The standard InChI is InChI=1S/C10H6F3N3O2/c11-10(12,13)6-3-15-16(5-6)8-4-14-2-1-7(8)9(17)18/h1-5H,(H,17,18). The second kappa shape index (κ2) is 4.13. The number of pyridine rings is 1. The molecule has 0 unspecified atom stereocenters. The summed E-state index contributed by atoms with van der Waals surface area (Å²) in [5.74, 6) is -1.27. The Morgan fingerprint density at radius 1 is 1.33 bits per heavy atom. The molecule has 1 N–H and O–H groups in total. The average molecular weight is 257 g/mol. The monoisotopic (exact) mass is 257 g/mol. The summed E-state index contributed by atoms with van der Waals surface area (Å²) in [7, 11) is 0. The highest BCUT2D eigenvalue weighted by atomic mass is 19.4. The van der Waals surface area contributed by atoms with E-state index in [9.17, 15) is 18.0 Å². The summed E-state index contributed by atoms with van der Waals surface area (Å²) in [5, 5.41) is 12.4. The smallest absolute Gasteiger partial charge is 0.419 e. The SMILES string of the molecule is O=C(O)c1ccncc1-n1cc(C(F)(F)F)cn1. The minimum atomic E-state index is -4.52. The van der Waals surface area contributed by atoms with Crippen LogP contribution in [0.25, 0.3) is 5.69 Å². The molecule has 18 heavy (non-hydrogen) atoms. The number of nitrogens with zero attached hydrogens (tertiary/aromatic N) is 3. The van der Waals surface area contributed by atoms with Crippen LogP contribution < -0.4 is 0 Å². The maximum atomic E-state index is 12.4. The Bertz CT molecular complexity index is 592. The Morgan fingerprint density at radius 3 is 2.61 bits per heavy atom. The van der Waals surface area contributed by atoms with Crippen LogP contribution in [0.1, 0.15) is 15.9 Å². The first-order chi connectivity index (χ1) is 8.39. The van der Waals surface area contributed by atoms with E-state index in [1.165, 1.54) is 12.3 Å². The van der Waals surface area contributed by atoms with E-state index in [1.807, 2.05) is 0 Å². The van der Waals surface area contributed by atoms with Gasteiger partial charge in [0, 0.05) is 12.4 Å². The third kappa shape index (κ3) is 2.17. The molecule has 0 saturated carbocycles. The van der Waals surface area contributed by atoms with Crippen LogP contribution in [0.4, 0.5) is 13.2 Å². The van der Waals surface area contributed by atoms with Crippen LogP contribution in [0, 0.1) is 0 Å². The highest BCUT2D eigenvalue weighted by Crippen LogP contribution is 2.29. The maximum absolute atomic E-state index is 12.4. The minimum Gasteiger partial charge on any atom is -0.478 e. The molecule has 0 saturated heterocycles. The maximum Gasteiger partial charge on any atom is 0.419 e. The van der Waals surface area contributed by atoms with E-state index < -0.39 is 17.7 Å². The summed E-state index contributed by atoms with van der Waals surface area (Å²) in [4.78, 5) is 14.6. The number of aromatic carboxylic acids is 1. The Hall–Kier alpha value is -2.38. The number of carboxylic acid groups (broad SMARTS) is 1. The Labute approximate surface area is 98.5 Å². The molecule has 0 atom stereocenters. The van der Waals surface area contributed by atoms with E-state index in [2.05, 4.69) is 10.1 Å². The van der Waals surface area contributed by atoms with Gasteiger partial charge in [-0.1, -0.05) is 0 Å². The van der Waals surface area contributed by atoms with E-state index >= 15 is 0 Å². The summed E-state index contributed by atoms with van der Waals surface area (Å²) >= 11 is 0.